The van der Waals surface area contributed by atoms with Crippen LogP contribution in [0.2, 0.25) is 0 Å². The number of nitrogens with zero attached hydrogens (tertiary/aromatic N) is 2. The Morgan fingerprint density at radius 2 is 1.95 bits per heavy atom. The van der Waals surface area contributed by atoms with Crippen LogP contribution in [0.5, 0.6) is 0 Å². The lowest BCUT2D eigenvalue weighted by molar-refractivity contribution is -0.142. The first-order chi connectivity index (χ1) is 9.08. The predicted octanol–water partition coefficient (Wildman–Crippen LogP) is 1.12. The van der Waals surface area contributed by atoms with E-state index >= 15 is 0 Å². The SMILES string of the molecule is CN1C(=O)C(=O)N(CC2Cc3ccccc3S2)C1=O. The van der Waals surface area contributed by atoms with E-state index in [1.54, 1.807) is 11.8 Å². The van der Waals surface area contributed by atoms with Crippen LogP contribution in [0.3, 0.4) is 0 Å². The summed E-state index contributed by atoms with van der Waals surface area (Å²) in [6.07, 6.45) is 0.815. The Bertz CT molecular complexity index is 562. The van der Waals surface area contributed by atoms with Crippen molar-refractivity contribution in [3.63, 3.8) is 0 Å². The van der Waals surface area contributed by atoms with E-state index in [-0.39, 0.29) is 11.8 Å². The zero-order valence-corrected chi connectivity index (χ0v) is 11.1. The first-order valence-corrected chi connectivity index (χ1v) is 6.84. The molecule has 1 fully saturated rings. The van der Waals surface area contributed by atoms with E-state index in [1.165, 1.54) is 17.5 Å². The zero-order valence-electron chi connectivity index (χ0n) is 10.3. The Morgan fingerprint density at radius 1 is 1.21 bits per heavy atom. The zero-order chi connectivity index (χ0) is 13.6. The quantitative estimate of drug-likeness (QED) is 0.600. The molecule has 0 bridgehead atoms. The van der Waals surface area contributed by atoms with Gasteiger partial charge in [-0.25, -0.2) is 4.79 Å². The minimum atomic E-state index is -0.745. The number of thioether (sulfide) groups is 1. The second kappa shape index (κ2) is 4.38. The molecule has 5 nitrogen and oxygen atoms in total. The summed E-state index contributed by atoms with van der Waals surface area (Å²) in [4.78, 5) is 38.0. The smallest absolute Gasteiger partial charge is 0.263 e. The number of hydrogen-bond acceptors (Lipinski definition) is 4. The lowest BCUT2D eigenvalue weighted by Gasteiger charge is -2.16. The van der Waals surface area contributed by atoms with Crippen molar-refractivity contribution in [1.29, 1.82) is 0 Å². The summed E-state index contributed by atoms with van der Waals surface area (Å²) >= 11 is 1.65. The van der Waals surface area contributed by atoms with E-state index in [0.29, 0.717) is 0 Å². The highest BCUT2D eigenvalue weighted by Gasteiger charge is 2.43. The Morgan fingerprint density at radius 3 is 2.58 bits per heavy atom. The molecule has 2 aliphatic rings. The molecule has 0 aromatic heterocycles. The third kappa shape index (κ3) is 1.92. The molecule has 2 aliphatic heterocycles. The van der Waals surface area contributed by atoms with Gasteiger partial charge in [0.15, 0.2) is 0 Å². The molecule has 0 saturated carbocycles. The minimum absolute atomic E-state index is 0.129. The second-order valence-electron chi connectivity index (χ2n) is 4.61. The molecule has 0 N–H and O–H groups in total. The number of likely N-dealkylation sites (N-methyl/N-ethyl adjacent to an activating group) is 1. The normalized spacial score (nSPS) is 22.4. The highest BCUT2D eigenvalue weighted by molar-refractivity contribution is 8.00. The maximum atomic E-state index is 11.8. The lowest BCUT2D eigenvalue weighted by atomic mass is 10.1. The van der Waals surface area contributed by atoms with Crippen LogP contribution in [0.1, 0.15) is 5.56 Å². The first-order valence-electron chi connectivity index (χ1n) is 5.96. The maximum Gasteiger partial charge on any atom is 0.333 e. The van der Waals surface area contributed by atoms with Gasteiger partial charge in [0.1, 0.15) is 0 Å². The van der Waals surface area contributed by atoms with Crippen molar-refractivity contribution in [2.24, 2.45) is 0 Å². The molecule has 0 spiro atoms. The van der Waals surface area contributed by atoms with Gasteiger partial charge in [0, 0.05) is 23.7 Å². The molecule has 1 unspecified atom stereocenters. The first kappa shape index (κ1) is 12.2. The van der Waals surface area contributed by atoms with E-state index in [4.69, 9.17) is 0 Å². The summed E-state index contributed by atoms with van der Waals surface area (Å²) < 4.78 is 0. The summed E-state index contributed by atoms with van der Waals surface area (Å²) in [5.41, 5.74) is 1.23. The number of benzene rings is 1. The molecular weight excluding hydrogens is 264 g/mol. The predicted molar refractivity (Wildman–Crippen MR) is 69.7 cm³/mol. The van der Waals surface area contributed by atoms with Gasteiger partial charge >= 0.3 is 17.8 Å². The standard InChI is InChI=1S/C13H12N2O3S/c1-14-11(16)12(17)15(13(14)18)7-9-6-8-4-2-3-5-10(8)19-9/h2-5,9H,6-7H2,1H3. The Kier molecular flexibility index (Phi) is 2.82. The van der Waals surface area contributed by atoms with Crippen molar-refractivity contribution in [2.45, 2.75) is 16.6 Å². The molecule has 0 aliphatic carbocycles. The molecule has 1 atom stereocenters. The number of rotatable bonds is 2. The number of imide groups is 2. The molecule has 3 rings (SSSR count). The highest BCUT2D eigenvalue weighted by Crippen LogP contribution is 2.37. The number of carbonyl (C=O) groups excluding carboxylic acids is 3. The molecule has 98 valence electrons. The van der Waals surface area contributed by atoms with Gasteiger partial charge in [-0.05, 0) is 18.1 Å². The van der Waals surface area contributed by atoms with Crippen LogP contribution >= 0.6 is 11.8 Å². The van der Waals surface area contributed by atoms with Crippen molar-refractivity contribution in [3.05, 3.63) is 29.8 Å². The second-order valence-corrected chi connectivity index (χ2v) is 5.96. The molecule has 4 amide bonds. The molecule has 19 heavy (non-hydrogen) atoms. The van der Waals surface area contributed by atoms with E-state index in [2.05, 4.69) is 0 Å². The Hall–Kier alpha value is -1.82. The van der Waals surface area contributed by atoms with Crippen LogP contribution < -0.4 is 0 Å². The summed E-state index contributed by atoms with van der Waals surface area (Å²) in [5.74, 6) is -1.46. The van der Waals surface area contributed by atoms with E-state index in [9.17, 15) is 14.4 Å². The highest BCUT2D eigenvalue weighted by atomic mass is 32.2. The van der Waals surface area contributed by atoms with Gasteiger partial charge in [0.2, 0.25) is 0 Å². The largest absolute Gasteiger partial charge is 0.333 e. The maximum absolute atomic E-state index is 11.8. The number of urea groups is 1. The summed E-state index contributed by atoms with van der Waals surface area (Å²) in [7, 11) is 1.33. The van der Waals surface area contributed by atoms with E-state index < -0.39 is 17.8 Å². The van der Waals surface area contributed by atoms with Crippen molar-refractivity contribution >= 4 is 29.6 Å². The van der Waals surface area contributed by atoms with E-state index in [0.717, 1.165) is 16.2 Å². The van der Waals surface area contributed by atoms with Crippen molar-refractivity contribution in [3.8, 4) is 0 Å². The van der Waals surface area contributed by atoms with Crippen LogP contribution in [0.4, 0.5) is 4.79 Å². The van der Waals surface area contributed by atoms with Crippen LogP contribution in [0.25, 0.3) is 0 Å². The van der Waals surface area contributed by atoms with Gasteiger partial charge in [-0.2, -0.15) is 0 Å². The van der Waals surface area contributed by atoms with Crippen LogP contribution in [0.15, 0.2) is 29.2 Å². The van der Waals surface area contributed by atoms with Gasteiger partial charge in [-0.15, -0.1) is 11.8 Å². The van der Waals surface area contributed by atoms with Gasteiger partial charge in [-0.3, -0.25) is 19.4 Å². The fourth-order valence-electron chi connectivity index (χ4n) is 2.33. The van der Waals surface area contributed by atoms with Crippen LogP contribution in [-0.4, -0.2) is 46.5 Å². The third-order valence-electron chi connectivity index (χ3n) is 3.35. The Balaban J connectivity index is 1.73. The molecule has 1 saturated heterocycles. The van der Waals surface area contributed by atoms with Gasteiger partial charge in [0.25, 0.3) is 0 Å². The van der Waals surface area contributed by atoms with Crippen molar-refractivity contribution < 1.29 is 14.4 Å². The van der Waals surface area contributed by atoms with Gasteiger partial charge < -0.3 is 0 Å². The number of hydrogen-bond donors (Lipinski definition) is 0. The molecule has 2 heterocycles. The molecule has 1 aromatic carbocycles. The average molecular weight is 276 g/mol. The van der Waals surface area contributed by atoms with Gasteiger partial charge in [-0.1, -0.05) is 18.2 Å². The van der Waals surface area contributed by atoms with Gasteiger partial charge in [0.05, 0.1) is 0 Å². The average Bonchev–Trinajstić information content (AvgIpc) is 2.90. The number of amides is 4. The number of carbonyl (C=O) groups is 3. The van der Waals surface area contributed by atoms with Crippen molar-refractivity contribution in [2.75, 3.05) is 13.6 Å². The van der Waals surface area contributed by atoms with Crippen LogP contribution in [0, 0.1) is 0 Å². The fraction of sp³-hybridized carbons (Fsp3) is 0.308. The monoisotopic (exact) mass is 276 g/mol. The topological polar surface area (TPSA) is 57.7 Å². The molecule has 0 radical (unpaired) electrons. The summed E-state index contributed by atoms with van der Waals surface area (Å²) in [6.45, 7) is 0.285. The molecule has 1 aromatic rings. The lowest BCUT2D eigenvalue weighted by Crippen LogP contribution is -2.36. The summed E-state index contributed by atoms with van der Waals surface area (Å²) in [5, 5.41) is 0.129. The Labute approximate surface area is 114 Å². The molecule has 6 heteroatoms. The van der Waals surface area contributed by atoms with E-state index in [1.807, 2.05) is 24.3 Å². The number of fused-ring (bicyclic) bond motifs is 1. The third-order valence-corrected chi connectivity index (χ3v) is 4.65. The fourth-order valence-corrected chi connectivity index (χ4v) is 3.64. The van der Waals surface area contributed by atoms with Crippen LogP contribution in [-0.2, 0) is 16.0 Å². The molecular formula is C13H12N2O3S. The summed E-state index contributed by atoms with van der Waals surface area (Å²) in [6, 6.07) is 7.51. The minimum Gasteiger partial charge on any atom is -0.263 e. The van der Waals surface area contributed by atoms with Crippen molar-refractivity contribution in [1.82, 2.24) is 9.80 Å².